The van der Waals surface area contributed by atoms with Gasteiger partial charge in [-0.1, -0.05) is 59.8 Å². The van der Waals surface area contributed by atoms with E-state index in [0.29, 0.717) is 21.8 Å². The minimum atomic E-state index is -3.86. The van der Waals surface area contributed by atoms with Crippen LogP contribution < -0.4 is 0 Å². The topological polar surface area (TPSA) is 130 Å². The van der Waals surface area contributed by atoms with Crippen molar-refractivity contribution in [2.75, 3.05) is 18.8 Å². The fraction of sp³-hybridized carbons (Fsp3) is 0.200. The summed E-state index contributed by atoms with van der Waals surface area (Å²) in [4.78, 5) is 33.1. The molecule has 2 heterocycles. The van der Waals surface area contributed by atoms with E-state index in [4.69, 9.17) is 0 Å². The fourth-order valence-corrected chi connectivity index (χ4v) is 6.65. The third-order valence-corrected chi connectivity index (χ3v) is 8.89. The molecular weight excluding hydrogens is 514 g/mol. The molecule has 0 aliphatic carbocycles. The summed E-state index contributed by atoms with van der Waals surface area (Å²) in [6.45, 7) is 2.30. The highest BCUT2D eigenvalue weighted by Gasteiger charge is 2.43. The van der Waals surface area contributed by atoms with Crippen LogP contribution in [0.15, 0.2) is 82.8 Å². The first-order chi connectivity index (χ1) is 17.7. The van der Waals surface area contributed by atoms with Crippen LogP contribution in [0, 0.1) is 17.0 Å². The molecule has 190 valence electrons. The Bertz CT molecular complexity index is 1570. The van der Waals surface area contributed by atoms with Gasteiger partial charge in [0.1, 0.15) is 6.17 Å². The number of nitrogens with one attached hydrogen (secondary N) is 1. The second kappa shape index (κ2) is 9.96. The van der Waals surface area contributed by atoms with E-state index in [1.54, 1.807) is 35.2 Å². The van der Waals surface area contributed by atoms with E-state index in [9.17, 15) is 23.3 Å². The third-order valence-electron chi connectivity index (χ3n) is 6.16. The van der Waals surface area contributed by atoms with Gasteiger partial charge in [0, 0.05) is 25.2 Å². The molecular formula is C25H23N5O5S2. The number of nitro groups is 1. The summed E-state index contributed by atoms with van der Waals surface area (Å²) >= 11 is 1.16. The SMILES string of the molecule is Cc1ccc(S(=O)(=O)N2CCN(C(=O)CSc3nc4ccc([N+](=O)[O-])cc4[nH]3)[C@@H]2c2ccccc2)cc1. The zero-order valence-corrected chi connectivity index (χ0v) is 21.4. The molecule has 12 heteroatoms. The summed E-state index contributed by atoms with van der Waals surface area (Å²) in [6, 6.07) is 20.1. The molecule has 0 radical (unpaired) electrons. The average Bonchev–Trinajstić information content (AvgIpc) is 3.52. The Morgan fingerprint density at radius 1 is 1.11 bits per heavy atom. The molecule has 0 spiro atoms. The lowest BCUT2D eigenvalue weighted by atomic mass is 10.1. The van der Waals surface area contributed by atoms with Gasteiger partial charge in [0.25, 0.3) is 5.69 Å². The number of carbonyl (C=O) groups excluding carboxylic acids is 1. The molecule has 0 unspecified atom stereocenters. The van der Waals surface area contributed by atoms with Crippen LogP contribution in [0.3, 0.4) is 0 Å². The molecule has 1 aliphatic rings. The molecule has 1 saturated heterocycles. The van der Waals surface area contributed by atoms with Crippen LogP contribution in [0.4, 0.5) is 5.69 Å². The molecule has 4 aromatic rings. The Hall–Kier alpha value is -3.74. The molecule has 0 bridgehead atoms. The molecule has 1 aliphatic heterocycles. The first kappa shape index (κ1) is 24.9. The van der Waals surface area contributed by atoms with Crippen LogP contribution >= 0.6 is 11.8 Å². The minimum absolute atomic E-state index is 0.0175. The molecule has 1 atom stereocenters. The Kier molecular flexibility index (Phi) is 6.71. The summed E-state index contributed by atoms with van der Waals surface area (Å²) in [5.41, 5.74) is 2.66. The second-order valence-electron chi connectivity index (χ2n) is 8.59. The van der Waals surface area contributed by atoms with Crippen molar-refractivity contribution in [2.45, 2.75) is 23.1 Å². The number of fused-ring (bicyclic) bond motifs is 1. The fourth-order valence-electron chi connectivity index (χ4n) is 4.31. The van der Waals surface area contributed by atoms with Crippen LogP contribution in [0.2, 0.25) is 0 Å². The number of hydrogen-bond acceptors (Lipinski definition) is 7. The van der Waals surface area contributed by atoms with E-state index in [1.807, 2.05) is 37.3 Å². The minimum Gasteiger partial charge on any atom is -0.333 e. The van der Waals surface area contributed by atoms with Gasteiger partial charge in [-0.25, -0.2) is 13.4 Å². The first-order valence-corrected chi connectivity index (χ1v) is 13.9. The van der Waals surface area contributed by atoms with E-state index < -0.39 is 21.1 Å². The maximum atomic E-state index is 13.6. The summed E-state index contributed by atoms with van der Waals surface area (Å²) < 4.78 is 28.5. The van der Waals surface area contributed by atoms with Crippen molar-refractivity contribution < 1.29 is 18.1 Å². The molecule has 1 fully saturated rings. The summed E-state index contributed by atoms with van der Waals surface area (Å²) in [7, 11) is -3.86. The van der Waals surface area contributed by atoms with Gasteiger partial charge >= 0.3 is 0 Å². The lowest BCUT2D eigenvalue weighted by Gasteiger charge is -2.30. The molecule has 3 aromatic carbocycles. The highest BCUT2D eigenvalue weighted by Crippen LogP contribution is 2.36. The van der Waals surface area contributed by atoms with Crippen molar-refractivity contribution in [3.05, 3.63) is 94.0 Å². The molecule has 10 nitrogen and oxygen atoms in total. The number of amides is 1. The van der Waals surface area contributed by atoms with Crippen LogP contribution in [-0.4, -0.2) is 57.3 Å². The van der Waals surface area contributed by atoms with Crippen LogP contribution in [-0.2, 0) is 14.8 Å². The number of nitrogens with zero attached hydrogens (tertiary/aromatic N) is 4. The lowest BCUT2D eigenvalue weighted by Crippen LogP contribution is -2.38. The molecule has 0 saturated carbocycles. The normalized spacial score (nSPS) is 16.4. The molecule has 37 heavy (non-hydrogen) atoms. The number of hydrogen-bond donors (Lipinski definition) is 1. The number of nitro benzene ring substituents is 1. The smallest absolute Gasteiger partial charge is 0.271 e. The number of rotatable bonds is 7. The average molecular weight is 538 g/mol. The van der Waals surface area contributed by atoms with Crippen molar-refractivity contribution >= 4 is 44.4 Å². The number of aryl methyl sites for hydroxylation is 1. The number of aromatic nitrogens is 2. The summed E-state index contributed by atoms with van der Waals surface area (Å²) in [5.74, 6) is -0.226. The summed E-state index contributed by atoms with van der Waals surface area (Å²) in [6.07, 6.45) is -0.779. The second-order valence-corrected chi connectivity index (χ2v) is 11.4. The number of sulfonamides is 1. The molecule has 1 N–H and O–H groups in total. The standard InChI is InChI=1S/C25H23N5O5S2/c1-17-7-10-20(11-8-17)37(34,35)29-14-13-28(24(29)18-5-3-2-4-6-18)23(31)16-36-25-26-21-12-9-19(30(32)33)15-22(21)27-25/h2-12,15,24H,13-14,16H2,1H3,(H,26,27)/t24-/m0/s1. The molecule has 5 rings (SSSR count). The lowest BCUT2D eigenvalue weighted by molar-refractivity contribution is -0.384. The van der Waals surface area contributed by atoms with E-state index >= 15 is 0 Å². The maximum absolute atomic E-state index is 13.6. The number of H-pyrrole nitrogens is 1. The Morgan fingerprint density at radius 2 is 1.84 bits per heavy atom. The first-order valence-electron chi connectivity index (χ1n) is 11.4. The van der Waals surface area contributed by atoms with Crippen molar-refractivity contribution in [2.24, 2.45) is 0 Å². The van der Waals surface area contributed by atoms with Crippen LogP contribution in [0.25, 0.3) is 11.0 Å². The predicted octanol–water partition coefficient (Wildman–Crippen LogP) is 4.10. The maximum Gasteiger partial charge on any atom is 0.271 e. The van der Waals surface area contributed by atoms with Gasteiger partial charge in [-0.3, -0.25) is 14.9 Å². The van der Waals surface area contributed by atoms with Gasteiger partial charge in [-0.15, -0.1) is 0 Å². The van der Waals surface area contributed by atoms with Gasteiger partial charge in [0.15, 0.2) is 5.16 Å². The number of carbonyl (C=O) groups is 1. The number of benzene rings is 3. The van der Waals surface area contributed by atoms with E-state index in [-0.39, 0.29) is 35.3 Å². The van der Waals surface area contributed by atoms with Gasteiger partial charge in [0.05, 0.1) is 26.6 Å². The monoisotopic (exact) mass is 537 g/mol. The zero-order chi connectivity index (χ0) is 26.2. The Morgan fingerprint density at radius 3 is 2.54 bits per heavy atom. The number of non-ortho nitro benzene ring substituents is 1. The van der Waals surface area contributed by atoms with E-state index in [2.05, 4.69) is 9.97 Å². The van der Waals surface area contributed by atoms with Crippen molar-refractivity contribution in [3.8, 4) is 0 Å². The van der Waals surface area contributed by atoms with Crippen molar-refractivity contribution in [1.29, 1.82) is 0 Å². The van der Waals surface area contributed by atoms with Crippen molar-refractivity contribution in [3.63, 3.8) is 0 Å². The number of thioether (sulfide) groups is 1. The van der Waals surface area contributed by atoms with E-state index in [0.717, 1.165) is 17.3 Å². The van der Waals surface area contributed by atoms with Gasteiger partial charge in [-0.05, 0) is 30.7 Å². The number of aromatic amines is 1. The van der Waals surface area contributed by atoms with Gasteiger partial charge in [0.2, 0.25) is 15.9 Å². The highest BCUT2D eigenvalue weighted by atomic mass is 32.2. The number of imidazole rings is 1. The van der Waals surface area contributed by atoms with Gasteiger partial charge < -0.3 is 9.88 Å². The quantitative estimate of drug-likeness (QED) is 0.213. The zero-order valence-electron chi connectivity index (χ0n) is 19.8. The largest absolute Gasteiger partial charge is 0.333 e. The predicted molar refractivity (Wildman–Crippen MR) is 139 cm³/mol. The highest BCUT2D eigenvalue weighted by molar-refractivity contribution is 7.99. The van der Waals surface area contributed by atoms with Crippen LogP contribution in [0.5, 0.6) is 0 Å². The third kappa shape index (κ3) is 4.95. The Balaban J connectivity index is 1.38. The van der Waals surface area contributed by atoms with Crippen molar-refractivity contribution in [1.82, 2.24) is 19.2 Å². The van der Waals surface area contributed by atoms with Crippen LogP contribution in [0.1, 0.15) is 17.3 Å². The molecule has 1 amide bonds. The Labute approximate surface area is 217 Å². The van der Waals surface area contributed by atoms with Gasteiger partial charge in [-0.2, -0.15) is 4.31 Å². The summed E-state index contributed by atoms with van der Waals surface area (Å²) in [5, 5.41) is 11.5. The molecule has 1 aromatic heterocycles. The van der Waals surface area contributed by atoms with E-state index in [1.165, 1.54) is 16.4 Å².